The number of piperidine rings is 1. The molecule has 2 aliphatic heterocycles. The highest BCUT2D eigenvalue weighted by Crippen LogP contribution is 2.34. The number of aliphatic hydroxyl groups is 1. The van der Waals surface area contributed by atoms with Crippen LogP contribution in [0.3, 0.4) is 0 Å². The summed E-state index contributed by atoms with van der Waals surface area (Å²) in [6.07, 6.45) is 5.96. The number of methoxy groups -OCH3 is 1. The van der Waals surface area contributed by atoms with E-state index in [1.807, 2.05) is 29.2 Å². The fourth-order valence-electron chi connectivity index (χ4n) is 5.77. The molecule has 43 heavy (non-hydrogen) atoms. The van der Waals surface area contributed by atoms with E-state index < -0.39 is 18.5 Å². The normalized spacial score (nSPS) is 17.7. The number of amides is 2. The Kier molecular flexibility index (Phi) is 8.16. The molecule has 12 nitrogen and oxygen atoms in total. The van der Waals surface area contributed by atoms with E-state index in [1.54, 1.807) is 17.2 Å². The molecular formula is C30H32FN7O5. The first-order valence-electron chi connectivity index (χ1n) is 14.1. The fourth-order valence-corrected chi connectivity index (χ4v) is 5.77. The van der Waals surface area contributed by atoms with Crippen LogP contribution in [0.4, 0.5) is 15.9 Å². The summed E-state index contributed by atoms with van der Waals surface area (Å²) in [6, 6.07) is 10.5. The minimum Gasteiger partial charge on any atom is -0.481 e. The Morgan fingerprint density at radius 2 is 1.93 bits per heavy atom. The first kappa shape index (κ1) is 28.5. The number of likely N-dealkylation sites (tertiary alicyclic amines) is 1. The third kappa shape index (κ3) is 5.86. The molecule has 1 aromatic carbocycles. The Morgan fingerprint density at radius 3 is 2.67 bits per heavy atom. The van der Waals surface area contributed by atoms with Gasteiger partial charge in [-0.1, -0.05) is 12.1 Å². The first-order chi connectivity index (χ1) is 20.9. The lowest BCUT2D eigenvalue weighted by atomic mass is 9.89. The van der Waals surface area contributed by atoms with E-state index in [1.165, 1.54) is 23.9 Å². The van der Waals surface area contributed by atoms with Crippen molar-refractivity contribution in [2.45, 2.75) is 24.8 Å². The molecule has 1 unspecified atom stereocenters. The predicted molar refractivity (Wildman–Crippen MR) is 155 cm³/mol. The second-order valence-corrected chi connectivity index (χ2v) is 10.5. The van der Waals surface area contributed by atoms with E-state index in [2.05, 4.69) is 15.4 Å². The van der Waals surface area contributed by atoms with Gasteiger partial charge in [-0.25, -0.2) is 18.9 Å². The molecule has 6 rings (SSSR count). The van der Waals surface area contributed by atoms with Gasteiger partial charge >= 0.3 is 0 Å². The molecule has 0 spiro atoms. The van der Waals surface area contributed by atoms with Crippen molar-refractivity contribution < 1.29 is 28.6 Å². The van der Waals surface area contributed by atoms with E-state index in [0.29, 0.717) is 66.3 Å². The molecular weight excluding hydrogens is 557 g/mol. The SMILES string of the molecule is COc1ncc(F)cc1C1COCCN1c1ccn2ncc(C(=O)Nc3ccc(C4CCN(C(=O)CO)CC4)cc3)c2n1. The first-order valence-corrected chi connectivity index (χ1v) is 14.1. The smallest absolute Gasteiger partial charge is 0.261 e. The molecule has 13 heteroatoms. The topological polar surface area (TPSA) is 134 Å². The van der Waals surface area contributed by atoms with Crippen molar-refractivity contribution in [1.29, 1.82) is 0 Å². The highest BCUT2D eigenvalue weighted by molar-refractivity contribution is 6.08. The summed E-state index contributed by atoms with van der Waals surface area (Å²) >= 11 is 0. The van der Waals surface area contributed by atoms with Crippen LogP contribution in [0.1, 0.15) is 46.3 Å². The molecule has 2 amide bonds. The average molecular weight is 590 g/mol. The van der Waals surface area contributed by atoms with Crippen LogP contribution >= 0.6 is 0 Å². The quantitative estimate of drug-likeness (QED) is 0.334. The Morgan fingerprint density at radius 1 is 1.14 bits per heavy atom. The number of aliphatic hydroxyl groups excluding tert-OH is 1. The zero-order valence-electron chi connectivity index (χ0n) is 23.6. The fraction of sp³-hybridized carbons (Fsp3) is 0.367. The van der Waals surface area contributed by atoms with E-state index in [9.17, 15) is 14.0 Å². The molecule has 0 saturated carbocycles. The van der Waals surface area contributed by atoms with Gasteiger partial charge in [0.1, 0.15) is 23.8 Å². The van der Waals surface area contributed by atoms with Gasteiger partial charge in [0.15, 0.2) is 5.65 Å². The van der Waals surface area contributed by atoms with Gasteiger partial charge in [-0.2, -0.15) is 5.10 Å². The summed E-state index contributed by atoms with van der Waals surface area (Å²) in [7, 11) is 1.49. The third-order valence-electron chi connectivity index (χ3n) is 8.04. The summed E-state index contributed by atoms with van der Waals surface area (Å²) in [5, 5.41) is 16.3. The summed E-state index contributed by atoms with van der Waals surface area (Å²) in [5.41, 5.74) is 3.01. The molecule has 2 aliphatic rings. The Labute approximate surface area is 247 Å². The van der Waals surface area contributed by atoms with Crippen molar-refractivity contribution in [3.8, 4) is 5.88 Å². The van der Waals surface area contributed by atoms with Crippen molar-refractivity contribution in [2.24, 2.45) is 0 Å². The number of hydrogen-bond donors (Lipinski definition) is 2. The van der Waals surface area contributed by atoms with Crippen LogP contribution in [0.5, 0.6) is 5.88 Å². The van der Waals surface area contributed by atoms with Gasteiger partial charge in [-0.3, -0.25) is 9.59 Å². The van der Waals surface area contributed by atoms with Crippen LogP contribution in [0.15, 0.2) is 55.0 Å². The lowest BCUT2D eigenvalue weighted by molar-refractivity contribution is -0.135. The molecule has 0 aliphatic carbocycles. The van der Waals surface area contributed by atoms with Crippen molar-refractivity contribution in [1.82, 2.24) is 24.5 Å². The molecule has 0 bridgehead atoms. The van der Waals surface area contributed by atoms with E-state index in [4.69, 9.17) is 19.6 Å². The summed E-state index contributed by atoms with van der Waals surface area (Å²) in [6.45, 7) is 2.01. The molecule has 1 atom stereocenters. The summed E-state index contributed by atoms with van der Waals surface area (Å²) < 4.78 is 26.8. The standard InChI is InChI=1S/C30H32FN7O5/c1-42-30-23(14-21(31)15-32-30)25-18-43-13-12-37(25)26-8-11-38-28(35-26)24(16-33-38)29(41)34-22-4-2-19(3-5-22)20-6-9-36(10-7-20)27(40)17-39/h2-5,8,11,14-16,20,25,39H,6-7,9-10,12-13,17-18H2,1H3,(H,34,41). The molecule has 0 radical (unpaired) electrons. The minimum atomic E-state index is -0.479. The number of fused-ring (bicyclic) bond motifs is 1. The van der Waals surface area contributed by atoms with Gasteiger partial charge < -0.3 is 29.7 Å². The van der Waals surface area contributed by atoms with Crippen LogP contribution in [-0.2, 0) is 9.53 Å². The number of nitrogens with zero attached hydrogens (tertiary/aromatic N) is 6. The number of hydrogen-bond acceptors (Lipinski definition) is 9. The highest BCUT2D eigenvalue weighted by atomic mass is 19.1. The number of carbonyl (C=O) groups excluding carboxylic acids is 2. The predicted octanol–water partition coefficient (Wildman–Crippen LogP) is 2.80. The lowest BCUT2D eigenvalue weighted by Gasteiger charge is -2.37. The van der Waals surface area contributed by atoms with Crippen LogP contribution < -0.4 is 15.0 Å². The monoisotopic (exact) mass is 589 g/mol. The number of ether oxygens (including phenoxy) is 2. The van der Waals surface area contributed by atoms with Crippen LogP contribution in [0.2, 0.25) is 0 Å². The highest BCUT2D eigenvalue weighted by Gasteiger charge is 2.30. The number of benzene rings is 1. The Balaban J connectivity index is 1.19. The van der Waals surface area contributed by atoms with Gasteiger partial charge in [0.25, 0.3) is 5.91 Å². The lowest BCUT2D eigenvalue weighted by Crippen LogP contribution is -2.40. The Bertz CT molecular complexity index is 1620. The second kappa shape index (κ2) is 12.3. The Hall–Kier alpha value is -4.62. The van der Waals surface area contributed by atoms with Gasteiger partial charge in [0.05, 0.1) is 38.8 Å². The molecule has 2 fully saturated rings. The molecule has 2 N–H and O–H groups in total. The number of morpholine rings is 1. The maximum Gasteiger partial charge on any atom is 0.261 e. The molecule has 3 aromatic heterocycles. The molecule has 5 heterocycles. The maximum atomic E-state index is 14.2. The largest absolute Gasteiger partial charge is 0.481 e. The molecule has 224 valence electrons. The van der Waals surface area contributed by atoms with Gasteiger partial charge in [0, 0.05) is 37.1 Å². The zero-order valence-corrected chi connectivity index (χ0v) is 23.6. The number of carbonyl (C=O) groups is 2. The average Bonchev–Trinajstić information content (AvgIpc) is 3.48. The number of rotatable bonds is 7. The number of aromatic nitrogens is 4. The van der Waals surface area contributed by atoms with Gasteiger partial charge in [0.2, 0.25) is 11.8 Å². The number of anilines is 2. The van der Waals surface area contributed by atoms with E-state index >= 15 is 0 Å². The van der Waals surface area contributed by atoms with E-state index in [-0.39, 0.29) is 18.4 Å². The van der Waals surface area contributed by atoms with Gasteiger partial charge in [-0.15, -0.1) is 0 Å². The summed E-state index contributed by atoms with van der Waals surface area (Å²) in [5.74, 6) is 0.130. The molecule has 4 aromatic rings. The number of pyridine rings is 1. The maximum absolute atomic E-state index is 14.2. The second-order valence-electron chi connectivity index (χ2n) is 10.5. The minimum absolute atomic E-state index is 0.236. The van der Waals surface area contributed by atoms with Crippen LogP contribution in [0, 0.1) is 5.82 Å². The number of halogens is 1. The van der Waals surface area contributed by atoms with Crippen molar-refractivity contribution in [3.63, 3.8) is 0 Å². The van der Waals surface area contributed by atoms with E-state index in [0.717, 1.165) is 24.6 Å². The van der Waals surface area contributed by atoms with Crippen molar-refractivity contribution in [2.75, 3.05) is 56.8 Å². The summed E-state index contributed by atoms with van der Waals surface area (Å²) in [4.78, 5) is 37.6. The number of nitrogens with one attached hydrogen (secondary N) is 1. The van der Waals surface area contributed by atoms with Crippen molar-refractivity contribution in [3.05, 3.63) is 77.5 Å². The third-order valence-corrected chi connectivity index (χ3v) is 8.04. The van der Waals surface area contributed by atoms with Crippen LogP contribution in [-0.4, -0.2) is 88.0 Å². The van der Waals surface area contributed by atoms with Crippen LogP contribution in [0.25, 0.3) is 5.65 Å². The molecule has 2 saturated heterocycles. The van der Waals surface area contributed by atoms with Gasteiger partial charge in [-0.05, 0) is 48.6 Å². The zero-order chi connectivity index (χ0) is 29.9. The van der Waals surface area contributed by atoms with Crippen molar-refractivity contribution >= 4 is 29.0 Å².